The van der Waals surface area contributed by atoms with E-state index in [2.05, 4.69) is 10.3 Å². The van der Waals surface area contributed by atoms with Gasteiger partial charge in [-0.15, -0.1) is 5.10 Å². The van der Waals surface area contributed by atoms with E-state index >= 15 is 0 Å². The Morgan fingerprint density at radius 3 is 2.66 bits per heavy atom. The average Bonchev–Trinajstić information content (AvgIpc) is 3.40. The lowest BCUT2D eigenvalue weighted by molar-refractivity contribution is -0.178. The van der Waals surface area contributed by atoms with Gasteiger partial charge >= 0.3 is 6.09 Å². The van der Waals surface area contributed by atoms with E-state index in [0.29, 0.717) is 0 Å². The van der Waals surface area contributed by atoms with Crippen LogP contribution in [0.25, 0.3) is 0 Å². The van der Waals surface area contributed by atoms with Gasteiger partial charge in [0.15, 0.2) is 11.6 Å². The first-order valence-electron chi connectivity index (χ1n) is 9.99. The highest BCUT2D eigenvalue weighted by Gasteiger charge is 2.32. The minimum absolute atomic E-state index is 0.00466. The van der Waals surface area contributed by atoms with Crippen molar-refractivity contribution in [2.75, 3.05) is 49.6 Å². The third kappa shape index (κ3) is 5.29. The minimum Gasteiger partial charge on any atom is -0.443 e. The van der Waals surface area contributed by atoms with Crippen molar-refractivity contribution in [3.8, 4) is 0 Å². The summed E-state index contributed by atoms with van der Waals surface area (Å²) in [4.78, 5) is 32.0. The lowest BCUT2D eigenvalue weighted by Crippen LogP contribution is -2.35. The molecular formula is C19H25F2N7O4. The predicted molar refractivity (Wildman–Crippen MR) is 110 cm³/mol. The van der Waals surface area contributed by atoms with Gasteiger partial charge in [0.1, 0.15) is 18.3 Å². The van der Waals surface area contributed by atoms with Gasteiger partial charge in [-0.3, -0.25) is 14.5 Å². The number of rotatable bonds is 10. The van der Waals surface area contributed by atoms with E-state index in [1.807, 2.05) is 0 Å². The van der Waals surface area contributed by atoms with Gasteiger partial charge in [0.2, 0.25) is 0 Å². The quantitative estimate of drug-likeness (QED) is 0.524. The number of nitrogens with zero attached hydrogens (tertiary/aromatic N) is 6. The molecule has 0 unspecified atom stereocenters. The predicted octanol–water partition coefficient (Wildman–Crippen LogP) is 0.757. The number of ether oxygens (including phenoxy) is 1. The number of amides is 2. The molecule has 13 heteroatoms. The summed E-state index contributed by atoms with van der Waals surface area (Å²) >= 11 is 0. The maximum absolute atomic E-state index is 14.8. The van der Waals surface area contributed by atoms with Crippen LogP contribution >= 0.6 is 0 Å². The number of carbonyl (C=O) groups is 2. The largest absolute Gasteiger partial charge is 0.443 e. The van der Waals surface area contributed by atoms with Crippen molar-refractivity contribution in [1.82, 2.24) is 20.1 Å². The van der Waals surface area contributed by atoms with Crippen LogP contribution in [0.5, 0.6) is 0 Å². The monoisotopic (exact) mass is 453 g/mol. The van der Waals surface area contributed by atoms with Crippen LogP contribution in [0, 0.1) is 11.6 Å². The van der Waals surface area contributed by atoms with E-state index in [4.69, 9.17) is 15.3 Å². The molecule has 1 aromatic heterocycles. The van der Waals surface area contributed by atoms with Gasteiger partial charge in [0, 0.05) is 45.0 Å². The molecular weight excluding hydrogens is 428 g/mol. The molecule has 2 N–H and O–H groups in total. The van der Waals surface area contributed by atoms with Crippen LogP contribution in [-0.4, -0.2) is 78.0 Å². The van der Waals surface area contributed by atoms with E-state index in [9.17, 15) is 18.4 Å². The molecule has 0 aliphatic carbocycles. The second-order valence-electron chi connectivity index (χ2n) is 7.01. The Morgan fingerprint density at radius 1 is 1.38 bits per heavy atom. The molecule has 174 valence electrons. The van der Waals surface area contributed by atoms with Gasteiger partial charge in [0.25, 0.3) is 5.91 Å². The van der Waals surface area contributed by atoms with E-state index in [0.717, 1.165) is 22.1 Å². The molecule has 0 bridgehead atoms. The molecule has 2 heterocycles. The molecule has 0 spiro atoms. The molecule has 1 saturated heterocycles. The first kappa shape index (κ1) is 23.3. The van der Waals surface area contributed by atoms with Crippen LogP contribution in [0.3, 0.4) is 0 Å². The topological polar surface area (TPSA) is 119 Å². The normalized spacial score (nSPS) is 15.7. The Bertz CT molecular complexity index is 921. The lowest BCUT2D eigenvalue weighted by Gasteiger charge is -2.26. The van der Waals surface area contributed by atoms with Crippen LogP contribution in [0.2, 0.25) is 0 Å². The van der Waals surface area contributed by atoms with Crippen molar-refractivity contribution in [3.63, 3.8) is 0 Å². The molecule has 1 aliphatic rings. The summed E-state index contributed by atoms with van der Waals surface area (Å²) in [6, 6.07) is 2.16. The summed E-state index contributed by atoms with van der Waals surface area (Å²) in [6.07, 6.45) is 1.76. The summed E-state index contributed by atoms with van der Waals surface area (Å²) in [7, 11) is 1.44. The van der Waals surface area contributed by atoms with Crippen molar-refractivity contribution >= 4 is 23.4 Å². The Morgan fingerprint density at radius 2 is 2.09 bits per heavy atom. The van der Waals surface area contributed by atoms with E-state index in [-0.39, 0.29) is 56.6 Å². The molecule has 2 aromatic rings. The molecule has 11 nitrogen and oxygen atoms in total. The number of hydroxylamine groups is 2. The van der Waals surface area contributed by atoms with E-state index in [1.54, 1.807) is 6.92 Å². The fraction of sp³-hybridized carbons (Fsp3) is 0.474. The van der Waals surface area contributed by atoms with Crippen LogP contribution in [0.15, 0.2) is 24.5 Å². The molecule has 2 amide bonds. The highest BCUT2D eigenvalue weighted by atomic mass is 19.1. The number of halogens is 2. The van der Waals surface area contributed by atoms with Gasteiger partial charge in [-0.25, -0.2) is 23.3 Å². The number of carbonyl (C=O) groups excluding carboxylic acids is 2. The number of cyclic esters (lactones) is 1. The fourth-order valence-electron chi connectivity index (χ4n) is 3.21. The number of aromatic nitrogens is 3. The van der Waals surface area contributed by atoms with Gasteiger partial charge < -0.3 is 15.4 Å². The third-order valence-corrected chi connectivity index (χ3v) is 4.91. The molecule has 1 aromatic carbocycles. The van der Waals surface area contributed by atoms with Crippen molar-refractivity contribution < 1.29 is 27.9 Å². The SMILES string of the molecule is CCN(CCON(C)C(=O)Cn1ccnn1)c1c(F)cc(N2C[C@H](CN)OC2=O)cc1F. The summed E-state index contributed by atoms with van der Waals surface area (Å²) in [6.45, 7) is 2.32. The standard InChI is InChI=1S/C19H25F2N7O4/c1-3-26(6-7-31-25(2)17(29)12-27-5-4-23-24-27)18-15(20)8-13(9-16(18)21)28-11-14(10-22)32-19(28)30/h4-5,8-9,14H,3,6-7,10-12,22H2,1-2H3/t14-/m0/s1. The Labute approximate surface area is 183 Å². The van der Waals surface area contributed by atoms with Crippen molar-refractivity contribution in [2.24, 2.45) is 5.73 Å². The average molecular weight is 453 g/mol. The van der Waals surface area contributed by atoms with Gasteiger partial charge in [0.05, 0.1) is 25.0 Å². The van der Waals surface area contributed by atoms with Crippen molar-refractivity contribution in [2.45, 2.75) is 19.6 Å². The third-order valence-electron chi connectivity index (χ3n) is 4.91. The van der Waals surface area contributed by atoms with Crippen molar-refractivity contribution in [1.29, 1.82) is 0 Å². The summed E-state index contributed by atoms with van der Waals surface area (Å²) in [5.41, 5.74) is 5.30. The highest BCUT2D eigenvalue weighted by molar-refractivity contribution is 5.90. The highest BCUT2D eigenvalue weighted by Crippen LogP contribution is 2.30. The lowest BCUT2D eigenvalue weighted by atomic mass is 10.2. The second-order valence-corrected chi connectivity index (χ2v) is 7.01. The molecule has 0 radical (unpaired) electrons. The number of nitrogens with two attached hydrogens (primary N) is 1. The number of benzene rings is 1. The molecule has 0 saturated carbocycles. The van der Waals surface area contributed by atoms with Crippen molar-refractivity contribution in [3.05, 3.63) is 36.2 Å². The Hall–Kier alpha value is -3.32. The zero-order chi connectivity index (χ0) is 23.3. The van der Waals surface area contributed by atoms with Crippen LogP contribution < -0.4 is 15.5 Å². The summed E-state index contributed by atoms with van der Waals surface area (Å²) in [5.74, 6) is -2.03. The van der Waals surface area contributed by atoms with E-state index < -0.39 is 23.8 Å². The maximum Gasteiger partial charge on any atom is 0.414 e. The van der Waals surface area contributed by atoms with Gasteiger partial charge in [-0.05, 0) is 6.92 Å². The van der Waals surface area contributed by atoms with Crippen LogP contribution in [0.4, 0.5) is 25.0 Å². The van der Waals surface area contributed by atoms with E-state index in [1.165, 1.54) is 29.0 Å². The zero-order valence-corrected chi connectivity index (χ0v) is 17.8. The molecule has 1 fully saturated rings. The number of likely N-dealkylation sites (N-methyl/N-ethyl adjacent to an activating group) is 2. The molecule has 3 rings (SSSR count). The fourth-order valence-corrected chi connectivity index (χ4v) is 3.21. The number of anilines is 2. The molecule has 1 aliphatic heterocycles. The molecule has 1 atom stereocenters. The second kappa shape index (κ2) is 10.3. The number of hydrogen-bond donors (Lipinski definition) is 1. The number of hydrogen-bond acceptors (Lipinski definition) is 8. The Balaban J connectivity index is 1.61. The van der Waals surface area contributed by atoms with Gasteiger partial charge in [-0.1, -0.05) is 5.21 Å². The maximum atomic E-state index is 14.8. The summed E-state index contributed by atoms with van der Waals surface area (Å²) < 4.78 is 36.0. The Kier molecular flexibility index (Phi) is 7.53. The first-order valence-corrected chi connectivity index (χ1v) is 9.99. The first-order chi connectivity index (χ1) is 15.3. The summed E-state index contributed by atoms with van der Waals surface area (Å²) in [5, 5.41) is 8.36. The van der Waals surface area contributed by atoms with Gasteiger partial charge in [-0.2, -0.15) is 0 Å². The molecule has 32 heavy (non-hydrogen) atoms. The van der Waals surface area contributed by atoms with Crippen LogP contribution in [0.1, 0.15) is 6.92 Å². The zero-order valence-electron chi connectivity index (χ0n) is 17.8. The minimum atomic E-state index is -0.832. The van der Waals surface area contributed by atoms with Crippen LogP contribution in [-0.2, 0) is 20.9 Å². The smallest absolute Gasteiger partial charge is 0.414 e.